The van der Waals surface area contributed by atoms with Gasteiger partial charge in [0.15, 0.2) is 5.71 Å². The molecule has 0 aromatic heterocycles. The predicted octanol–water partition coefficient (Wildman–Crippen LogP) is 0.721. The zero-order valence-electron chi connectivity index (χ0n) is 13.4. The van der Waals surface area contributed by atoms with Crippen LogP contribution in [0.1, 0.15) is 6.92 Å². The van der Waals surface area contributed by atoms with E-state index in [1.54, 1.807) is 0 Å². The third kappa shape index (κ3) is 3.65. The Bertz CT molecular complexity index is 729. The minimum Gasteiger partial charge on any atom is -0.336 e. The molecule has 0 bridgehead atoms. The van der Waals surface area contributed by atoms with Crippen LogP contribution in [-0.2, 0) is 4.79 Å². The number of anilines is 1. The maximum absolute atomic E-state index is 12.1. The fourth-order valence-corrected chi connectivity index (χ4v) is 1.84. The second-order valence-corrected chi connectivity index (χ2v) is 5.00. The third-order valence-electron chi connectivity index (χ3n) is 3.17. The number of hydrogen-bond donors (Lipinski definition) is 1. The number of non-ortho nitro benzene ring substituents is 1. The van der Waals surface area contributed by atoms with E-state index in [0.717, 1.165) is 38.1 Å². The summed E-state index contributed by atoms with van der Waals surface area (Å²) >= 11 is 0. The van der Waals surface area contributed by atoms with Crippen molar-refractivity contribution in [3.8, 4) is 0 Å². The molecular weight excluding hydrogens is 340 g/mol. The van der Waals surface area contributed by atoms with Crippen LogP contribution in [0.15, 0.2) is 29.4 Å². The Kier molecular flexibility index (Phi) is 5.66. The van der Waals surface area contributed by atoms with E-state index in [1.165, 1.54) is 12.1 Å². The number of nitrogens with zero attached hydrogens (tertiary/aromatic N) is 5. The lowest BCUT2D eigenvalue weighted by Gasteiger charge is -2.19. The quantitative estimate of drug-likeness (QED) is 0.322. The molecule has 0 unspecified atom stereocenters. The molecule has 0 saturated heterocycles. The van der Waals surface area contributed by atoms with Gasteiger partial charge in [0.1, 0.15) is 9.85 Å². The lowest BCUT2D eigenvalue weighted by Crippen LogP contribution is -2.62. The van der Waals surface area contributed by atoms with Crippen molar-refractivity contribution in [2.24, 2.45) is 5.10 Å². The van der Waals surface area contributed by atoms with Crippen LogP contribution in [0.5, 0.6) is 0 Å². The first-order valence-electron chi connectivity index (χ1n) is 6.61. The molecule has 1 aromatic rings. The van der Waals surface area contributed by atoms with Gasteiger partial charge in [-0.25, -0.2) is 0 Å². The van der Waals surface area contributed by atoms with Crippen LogP contribution in [0.4, 0.5) is 11.4 Å². The Labute approximate surface area is 140 Å². The highest BCUT2D eigenvalue weighted by Crippen LogP contribution is 2.19. The monoisotopic (exact) mass is 354 g/mol. The van der Waals surface area contributed by atoms with Gasteiger partial charge in [0.2, 0.25) is 0 Å². The van der Waals surface area contributed by atoms with Gasteiger partial charge in [0.25, 0.3) is 5.69 Å². The minimum absolute atomic E-state index is 0.183. The summed E-state index contributed by atoms with van der Waals surface area (Å²) in [7, 11) is 2.28. The van der Waals surface area contributed by atoms with Crippen molar-refractivity contribution >= 4 is 23.0 Å². The molecule has 0 aliphatic rings. The Balaban J connectivity index is 3.24. The van der Waals surface area contributed by atoms with E-state index in [4.69, 9.17) is 0 Å². The number of benzene rings is 1. The molecule has 13 nitrogen and oxygen atoms in total. The summed E-state index contributed by atoms with van der Waals surface area (Å²) in [4.78, 5) is 42.7. The molecule has 1 rings (SSSR count). The normalized spacial score (nSPS) is 11.6. The highest BCUT2D eigenvalue weighted by Gasteiger charge is 2.68. The molecule has 0 aliphatic carbocycles. The SMILES string of the molecule is C/C(=N\Nc1ccc([N+](=O)[O-])cc1)C(C(=O)N(C)C)([N+](=O)[O-])[N+](=O)[O-]. The van der Waals surface area contributed by atoms with Gasteiger partial charge in [-0.15, -0.1) is 0 Å². The average Bonchev–Trinajstić information content (AvgIpc) is 2.52. The maximum atomic E-state index is 12.1. The van der Waals surface area contributed by atoms with Gasteiger partial charge < -0.3 is 4.90 Å². The summed E-state index contributed by atoms with van der Waals surface area (Å²) in [5, 5.41) is 36.7. The largest absolute Gasteiger partial charge is 0.575 e. The van der Waals surface area contributed by atoms with E-state index < -0.39 is 32.1 Å². The molecular formula is C12H14N6O7. The van der Waals surface area contributed by atoms with Crippen molar-refractivity contribution in [1.29, 1.82) is 0 Å². The lowest BCUT2D eigenvalue weighted by atomic mass is 10.1. The molecule has 1 amide bonds. The van der Waals surface area contributed by atoms with Gasteiger partial charge >= 0.3 is 11.6 Å². The smallest absolute Gasteiger partial charge is 0.336 e. The van der Waals surface area contributed by atoms with E-state index in [9.17, 15) is 35.1 Å². The van der Waals surface area contributed by atoms with Crippen molar-refractivity contribution in [3.05, 3.63) is 54.6 Å². The molecule has 0 heterocycles. The topological polar surface area (TPSA) is 174 Å². The number of likely N-dealkylation sites (N-methyl/N-ethyl adjacent to an activating group) is 1. The van der Waals surface area contributed by atoms with Crippen molar-refractivity contribution in [2.75, 3.05) is 19.5 Å². The van der Waals surface area contributed by atoms with Crippen molar-refractivity contribution in [2.45, 2.75) is 12.6 Å². The van der Waals surface area contributed by atoms with Crippen LogP contribution in [0, 0.1) is 30.3 Å². The van der Waals surface area contributed by atoms with E-state index in [0.29, 0.717) is 0 Å². The third-order valence-corrected chi connectivity index (χ3v) is 3.17. The van der Waals surface area contributed by atoms with Crippen LogP contribution in [-0.4, -0.2) is 51.0 Å². The molecule has 0 saturated carbocycles. The Hall–Kier alpha value is -3.64. The number of nitro groups is 3. The van der Waals surface area contributed by atoms with Crippen molar-refractivity contribution in [3.63, 3.8) is 0 Å². The summed E-state index contributed by atoms with van der Waals surface area (Å²) in [6, 6.07) is 4.80. The Morgan fingerprint density at radius 1 is 1.08 bits per heavy atom. The van der Waals surface area contributed by atoms with Crippen LogP contribution in [0.3, 0.4) is 0 Å². The highest BCUT2D eigenvalue weighted by molar-refractivity contribution is 6.08. The summed E-state index contributed by atoms with van der Waals surface area (Å²) < 4.78 is 0. The summed E-state index contributed by atoms with van der Waals surface area (Å²) in [5.74, 6) is -1.38. The predicted molar refractivity (Wildman–Crippen MR) is 85.2 cm³/mol. The van der Waals surface area contributed by atoms with Crippen LogP contribution >= 0.6 is 0 Å². The summed E-state index contributed by atoms with van der Waals surface area (Å²) in [6.45, 7) is 0.964. The standard InChI is InChI=1S/C12H14N6O7/c1-8(12(17(22)23,18(24)25)11(19)15(2)3)13-14-9-4-6-10(7-5-9)16(20)21/h4-7,14H,1-3H3/b13-8+. The number of amides is 1. The number of hydrogen-bond acceptors (Lipinski definition) is 9. The molecule has 25 heavy (non-hydrogen) atoms. The number of carbonyl (C=O) groups is 1. The van der Waals surface area contributed by atoms with Gasteiger partial charge in [-0.1, -0.05) is 0 Å². The Morgan fingerprint density at radius 2 is 1.56 bits per heavy atom. The number of carbonyl (C=O) groups excluding carboxylic acids is 1. The first kappa shape index (κ1) is 19.4. The first-order chi connectivity index (χ1) is 11.5. The van der Waals surface area contributed by atoms with Gasteiger partial charge in [0.05, 0.1) is 10.6 Å². The molecule has 1 N–H and O–H groups in total. The second kappa shape index (κ2) is 7.29. The summed E-state index contributed by atoms with van der Waals surface area (Å²) in [6.07, 6.45) is 0. The van der Waals surface area contributed by atoms with E-state index in [2.05, 4.69) is 10.5 Å². The van der Waals surface area contributed by atoms with Gasteiger partial charge in [-0.3, -0.25) is 40.6 Å². The minimum atomic E-state index is -3.28. The fraction of sp³-hybridized carbons (Fsp3) is 0.333. The van der Waals surface area contributed by atoms with Crippen molar-refractivity contribution in [1.82, 2.24) is 4.90 Å². The zero-order chi connectivity index (χ0) is 19.4. The first-order valence-corrected chi connectivity index (χ1v) is 6.61. The highest BCUT2D eigenvalue weighted by atomic mass is 16.7. The fourth-order valence-electron chi connectivity index (χ4n) is 1.84. The molecule has 0 atom stereocenters. The molecule has 0 radical (unpaired) electrons. The Morgan fingerprint density at radius 3 is 1.92 bits per heavy atom. The van der Waals surface area contributed by atoms with Crippen LogP contribution in [0.25, 0.3) is 0 Å². The zero-order valence-corrected chi connectivity index (χ0v) is 13.4. The maximum Gasteiger partial charge on any atom is 0.575 e. The van der Waals surface area contributed by atoms with Gasteiger partial charge in [-0.2, -0.15) is 5.10 Å². The molecule has 1 aromatic carbocycles. The number of hydrazone groups is 1. The van der Waals surface area contributed by atoms with E-state index in [1.807, 2.05) is 0 Å². The van der Waals surface area contributed by atoms with Crippen molar-refractivity contribution < 1.29 is 19.6 Å². The lowest BCUT2D eigenvalue weighted by molar-refractivity contribution is -0.753. The molecule has 13 heteroatoms. The second-order valence-electron chi connectivity index (χ2n) is 5.00. The number of nitrogens with one attached hydrogen (secondary N) is 1. The molecule has 0 aliphatic heterocycles. The van der Waals surface area contributed by atoms with Gasteiger partial charge in [-0.05, 0) is 19.1 Å². The molecule has 0 spiro atoms. The van der Waals surface area contributed by atoms with E-state index in [-0.39, 0.29) is 11.4 Å². The average molecular weight is 354 g/mol. The van der Waals surface area contributed by atoms with Crippen LogP contribution < -0.4 is 5.43 Å². The number of rotatable bonds is 7. The number of nitro benzene ring substituents is 1. The molecule has 134 valence electrons. The summed E-state index contributed by atoms with van der Waals surface area (Å²) in [5.41, 5.74) is -1.70. The van der Waals surface area contributed by atoms with Gasteiger partial charge in [0, 0.05) is 26.2 Å². The van der Waals surface area contributed by atoms with Crippen LogP contribution in [0.2, 0.25) is 0 Å². The van der Waals surface area contributed by atoms with E-state index >= 15 is 0 Å². The molecule has 0 fully saturated rings.